The molecule has 1 rings (SSSR count). The smallest absolute Gasteiger partial charge is 0.139 e. The number of hydrogen-bond acceptors (Lipinski definition) is 1. The highest BCUT2D eigenvalue weighted by Crippen LogP contribution is 2.31. The molecule has 0 aliphatic heterocycles. The van der Waals surface area contributed by atoms with E-state index in [0.717, 1.165) is 6.54 Å². The van der Waals surface area contributed by atoms with Crippen molar-refractivity contribution < 1.29 is 10.1 Å². The van der Waals surface area contributed by atoms with Gasteiger partial charge in [-0.25, -0.2) is 0 Å². The molecule has 0 radical (unpaired) electrons. The molecule has 0 heterocycles. The van der Waals surface area contributed by atoms with E-state index in [1.165, 1.54) is 0 Å². The zero-order valence-corrected chi connectivity index (χ0v) is 11.4. The summed E-state index contributed by atoms with van der Waals surface area (Å²) in [5, 5.41) is 3.24. The fraction of sp³-hybridized carbons (Fsp3) is 0.500. The highest BCUT2D eigenvalue weighted by molar-refractivity contribution is 6.42. The molecule has 0 unspecified atom stereocenters. The van der Waals surface area contributed by atoms with E-state index in [1.54, 1.807) is 6.07 Å². The van der Waals surface area contributed by atoms with E-state index >= 15 is 0 Å². The Balaban J connectivity index is 2.41. The van der Waals surface area contributed by atoms with Gasteiger partial charge in [0, 0.05) is 0 Å². The van der Waals surface area contributed by atoms with Crippen LogP contribution in [0.2, 0.25) is 10.0 Å². The minimum Gasteiger partial charge on any atom is -0.486 e. The minimum absolute atomic E-state index is 0.224. The van der Waals surface area contributed by atoms with E-state index in [2.05, 4.69) is 26.1 Å². The van der Waals surface area contributed by atoms with Crippen LogP contribution < -0.4 is 10.1 Å². The molecular formula is C12H18Cl2NO+. The Hall–Kier alpha value is -0.440. The number of halogens is 2. The number of benzene rings is 1. The number of rotatable bonds is 4. The van der Waals surface area contributed by atoms with Gasteiger partial charge in [0.1, 0.15) is 23.9 Å². The highest BCUT2D eigenvalue weighted by atomic mass is 35.5. The van der Waals surface area contributed by atoms with Crippen LogP contribution in [0.4, 0.5) is 0 Å². The molecule has 0 bridgehead atoms. The van der Waals surface area contributed by atoms with Crippen LogP contribution in [0, 0.1) is 0 Å². The SMILES string of the molecule is CC(C)(C)[NH2+]CCOc1cccc(Cl)c1Cl. The van der Waals surface area contributed by atoms with Crippen molar-refractivity contribution >= 4 is 23.2 Å². The Morgan fingerprint density at radius 3 is 2.56 bits per heavy atom. The third kappa shape index (κ3) is 4.60. The summed E-state index contributed by atoms with van der Waals surface area (Å²) in [6, 6.07) is 5.40. The van der Waals surface area contributed by atoms with Crippen LogP contribution in [-0.2, 0) is 0 Å². The maximum atomic E-state index is 5.99. The topological polar surface area (TPSA) is 25.8 Å². The Bertz CT molecular complexity index is 347. The molecular weight excluding hydrogens is 245 g/mol. The third-order valence-electron chi connectivity index (χ3n) is 2.05. The zero-order valence-electron chi connectivity index (χ0n) is 9.89. The molecule has 0 aliphatic rings. The minimum atomic E-state index is 0.224. The van der Waals surface area contributed by atoms with Crippen LogP contribution in [0.25, 0.3) is 0 Å². The molecule has 0 amide bonds. The summed E-state index contributed by atoms with van der Waals surface area (Å²) in [6.45, 7) is 8.02. The summed E-state index contributed by atoms with van der Waals surface area (Å²) >= 11 is 11.9. The summed E-state index contributed by atoms with van der Waals surface area (Å²) in [6.07, 6.45) is 0. The van der Waals surface area contributed by atoms with Gasteiger partial charge in [-0.1, -0.05) is 29.3 Å². The van der Waals surface area contributed by atoms with Gasteiger partial charge in [-0.2, -0.15) is 0 Å². The average molecular weight is 263 g/mol. The summed E-state index contributed by atoms with van der Waals surface area (Å²) in [7, 11) is 0. The lowest BCUT2D eigenvalue weighted by Crippen LogP contribution is -2.95. The Kier molecular flexibility index (Phi) is 4.90. The van der Waals surface area contributed by atoms with E-state index in [-0.39, 0.29) is 5.54 Å². The molecule has 2 nitrogen and oxygen atoms in total. The van der Waals surface area contributed by atoms with Crippen molar-refractivity contribution in [2.24, 2.45) is 0 Å². The van der Waals surface area contributed by atoms with E-state index < -0.39 is 0 Å². The first-order valence-electron chi connectivity index (χ1n) is 5.31. The van der Waals surface area contributed by atoms with Gasteiger partial charge in [0.05, 0.1) is 10.6 Å². The van der Waals surface area contributed by atoms with Gasteiger partial charge in [0.2, 0.25) is 0 Å². The Morgan fingerprint density at radius 2 is 1.94 bits per heavy atom. The monoisotopic (exact) mass is 262 g/mol. The highest BCUT2D eigenvalue weighted by Gasteiger charge is 2.12. The molecule has 0 aliphatic carbocycles. The van der Waals surface area contributed by atoms with Crippen LogP contribution in [0.5, 0.6) is 5.75 Å². The number of ether oxygens (including phenoxy) is 1. The van der Waals surface area contributed by atoms with Crippen molar-refractivity contribution in [3.63, 3.8) is 0 Å². The van der Waals surface area contributed by atoms with Gasteiger partial charge in [-0.05, 0) is 32.9 Å². The molecule has 16 heavy (non-hydrogen) atoms. The molecule has 0 spiro atoms. The fourth-order valence-electron chi connectivity index (χ4n) is 1.26. The molecule has 0 atom stereocenters. The molecule has 0 fully saturated rings. The van der Waals surface area contributed by atoms with Crippen molar-refractivity contribution in [1.29, 1.82) is 0 Å². The van der Waals surface area contributed by atoms with Crippen molar-refractivity contribution in [1.82, 2.24) is 0 Å². The molecule has 1 aromatic rings. The Labute approximate surface area is 107 Å². The molecule has 90 valence electrons. The van der Waals surface area contributed by atoms with Crippen LogP contribution in [0.15, 0.2) is 18.2 Å². The van der Waals surface area contributed by atoms with E-state index in [4.69, 9.17) is 27.9 Å². The maximum absolute atomic E-state index is 5.99. The molecule has 0 saturated heterocycles. The summed E-state index contributed by atoms with van der Waals surface area (Å²) < 4.78 is 5.57. The maximum Gasteiger partial charge on any atom is 0.139 e. The first kappa shape index (κ1) is 13.6. The normalized spacial score (nSPS) is 11.6. The first-order chi connectivity index (χ1) is 7.40. The molecule has 2 N–H and O–H groups in total. The second kappa shape index (κ2) is 5.76. The fourth-order valence-corrected chi connectivity index (χ4v) is 1.60. The van der Waals surface area contributed by atoms with Gasteiger partial charge in [-0.15, -0.1) is 0 Å². The van der Waals surface area contributed by atoms with Crippen molar-refractivity contribution in [2.45, 2.75) is 26.3 Å². The number of nitrogens with two attached hydrogens (primary N) is 1. The second-order valence-electron chi connectivity index (χ2n) is 4.76. The third-order valence-corrected chi connectivity index (χ3v) is 2.85. The summed E-state index contributed by atoms with van der Waals surface area (Å²) in [5.74, 6) is 0.650. The molecule has 0 saturated carbocycles. The standard InChI is InChI=1S/C12H17Cl2NO/c1-12(2,3)15-7-8-16-10-6-4-5-9(13)11(10)14/h4-6,15H,7-8H2,1-3H3/p+1. The van der Waals surface area contributed by atoms with Crippen LogP contribution >= 0.6 is 23.2 Å². The van der Waals surface area contributed by atoms with Crippen LogP contribution in [-0.4, -0.2) is 18.7 Å². The Morgan fingerprint density at radius 1 is 1.25 bits per heavy atom. The van der Waals surface area contributed by atoms with Crippen LogP contribution in [0.3, 0.4) is 0 Å². The lowest BCUT2D eigenvalue weighted by atomic mass is 10.1. The van der Waals surface area contributed by atoms with Gasteiger partial charge < -0.3 is 10.1 Å². The predicted molar refractivity (Wildman–Crippen MR) is 68.5 cm³/mol. The largest absolute Gasteiger partial charge is 0.486 e. The lowest BCUT2D eigenvalue weighted by molar-refractivity contribution is -0.717. The second-order valence-corrected chi connectivity index (χ2v) is 5.54. The van der Waals surface area contributed by atoms with Crippen LogP contribution in [0.1, 0.15) is 20.8 Å². The van der Waals surface area contributed by atoms with Crippen molar-refractivity contribution in [3.8, 4) is 5.75 Å². The predicted octanol–water partition coefficient (Wildman–Crippen LogP) is 2.73. The van der Waals surface area contributed by atoms with Gasteiger partial charge in [-0.3, -0.25) is 0 Å². The number of hydrogen-bond donors (Lipinski definition) is 1. The molecule has 1 aromatic carbocycles. The van der Waals surface area contributed by atoms with Gasteiger partial charge >= 0.3 is 0 Å². The quantitative estimate of drug-likeness (QED) is 0.830. The molecule has 0 aromatic heterocycles. The van der Waals surface area contributed by atoms with E-state index in [9.17, 15) is 0 Å². The van der Waals surface area contributed by atoms with E-state index in [0.29, 0.717) is 22.4 Å². The lowest BCUT2D eigenvalue weighted by Gasteiger charge is -2.17. The average Bonchev–Trinajstić information content (AvgIpc) is 2.17. The van der Waals surface area contributed by atoms with E-state index in [1.807, 2.05) is 12.1 Å². The zero-order chi connectivity index (χ0) is 12.2. The van der Waals surface area contributed by atoms with Gasteiger partial charge in [0.15, 0.2) is 0 Å². The summed E-state index contributed by atoms with van der Waals surface area (Å²) in [4.78, 5) is 0. The first-order valence-corrected chi connectivity index (χ1v) is 6.07. The summed E-state index contributed by atoms with van der Waals surface area (Å²) in [5.41, 5.74) is 0.224. The van der Waals surface area contributed by atoms with Crippen molar-refractivity contribution in [2.75, 3.05) is 13.2 Å². The number of quaternary nitrogens is 1. The van der Waals surface area contributed by atoms with Gasteiger partial charge in [0.25, 0.3) is 0 Å². The molecule has 4 heteroatoms. The van der Waals surface area contributed by atoms with Crippen molar-refractivity contribution in [3.05, 3.63) is 28.2 Å².